The van der Waals surface area contributed by atoms with E-state index in [1.54, 1.807) is 31.3 Å². The molecule has 122 valence electrons. The summed E-state index contributed by atoms with van der Waals surface area (Å²) in [5.74, 6) is 1.74. The zero-order valence-electron chi connectivity index (χ0n) is 13.0. The fraction of sp³-hybridized carbons (Fsp3) is 0.533. The molecular formula is C15H22N2O5. The smallest absolute Gasteiger partial charge is 0.317 e. The molecule has 0 saturated carbocycles. The molecular weight excluding hydrogens is 288 g/mol. The zero-order chi connectivity index (χ0) is 15.8. The minimum absolute atomic E-state index is 0.0930. The van der Waals surface area contributed by atoms with Gasteiger partial charge in [-0.15, -0.1) is 0 Å². The molecule has 1 aliphatic rings. The van der Waals surface area contributed by atoms with Crippen molar-refractivity contribution < 1.29 is 23.7 Å². The van der Waals surface area contributed by atoms with Gasteiger partial charge in [-0.3, -0.25) is 0 Å². The van der Waals surface area contributed by atoms with Crippen molar-refractivity contribution in [2.75, 3.05) is 53.7 Å². The number of urea groups is 1. The van der Waals surface area contributed by atoms with Gasteiger partial charge in [-0.05, 0) is 12.1 Å². The van der Waals surface area contributed by atoms with Crippen LogP contribution in [-0.4, -0.2) is 64.6 Å². The molecule has 0 radical (unpaired) electrons. The first-order valence-electron chi connectivity index (χ1n) is 7.20. The number of carbonyl (C=O) groups excluding carboxylic acids is 1. The Morgan fingerprint density at radius 2 is 1.95 bits per heavy atom. The SMILES string of the molecule is COc1cccc(OCCNC(=O)N2CCOCC2)c1OC. The summed E-state index contributed by atoms with van der Waals surface area (Å²) in [6.45, 7) is 3.18. The average molecular weight is 310 g/mol. The van der Waals surface area contributed by atoms with E-state index in [1.807, 2.05) is 6.07 Å². The largest absolute Gasteiger partial charge is 0.493 e. The lowest BCUT2D eigenvalue weighted by atomic mass is 10.3. The van der Waals surface area contributed by atoms with Gasteiger partial charge < -0.3 is 29.2 Å². The lowest BCUT2D eigenvalue weighted by Gasteiger charge is -2.26. The summed E-state index contributed by atoms with van der Waals surface area (Å²) in [4.78, 5) is 13.6. The van der Waals surface area contributed by atoms with E-state index in [-0.39, 0.29) is 6.03 Å². The number of benzene rings is 1. The maximum Gasteiger partial charge on any atom is 0.317 e. The van der Waals surface area contributed by atoms with Gasteiger partial charge in [0, 0.05) is 13.1 Å². The second kappa shape index (κ2) is 8.33. The van der Waals surface area contributed by atoms with Gasteiger partial charge in [0.2, 0.25) is 5.75 Å². The molecule has 1 saturated heterocycles. The maximum atomic E-state index is 11.9. The lowest BCUT2D eigenvalue weighted by molar-refractivity contribution is 0.0530. The highest BCUT2D eigenvalue weighted by Crippen LogP contribution is 2.36. The molecule has 2 rings (SSSR count). The van der Waals surface area contributed by atoms with E-state index in [2.05, 4.69) is 5.32 Å². The predicted molar refractivity (Wildman–Crippen MR) is 80.8 cm³/mol. The van der Waals surface area contributed by atoms with Gasteiger partial charge >= 0.3 is 6.03 Å². The second-order valence-corrected chi connectivity index (χ2v) is 4.67. The molecule has 7 heteroatoms. The lowest BCUT2D eigenvalue weighted by Crippen LogP contribution is -2.47. The molecule has 0 aliphatic carbocycles. The van der Waals surface area contributed by atoms with E-state index in [0.29, 0.717) is 56.7 Å². The number of hydrogen-bond acceptors (Lipinski definition) is 5. The molecule has 1 aromatic rings. The Labute approximate surface area is 130 Å². The first kappa shape index (κ1) is 16.2. The number of nitrogens with one attached hydrogen (secondary N) is 1. The molecule has 0 unspecified atom stereocenters. The Morgan fingerprint density at radius 3 is 2.64 bits per heavy atom. The van der Waals surface area contributed by atoms with Crippen LogP contribution in [0.15, 0.2) is 18.2 Å². The number of morpholine rings is 1. The molecule has 0 aromatic heterocycles. The van der Waals surface area contributed by atoms with Crippen LogP contribution in [0, 0.1) is 0 Å². The summed E-state index contributed by atoms with van der Waals surface area (Å²) in [6, 6.07) is 5.32. The van der Waals surface area contributed by atoms with E-state index in [4.69, 9.17) is 18.9 Å². The van der Waals surface area contributed by atoms with E-state index < -0.39 is 0 Å². The third kappa shape index (κ3) is 4.17. The van der Waals surface area contributed by atoms with Crippen LogP contribution in [0.1, 0.15) is 0 Å². The van der Waals surface area contributed by atoms with Crippen molar-refractivity contribution in [1.82, 2.24) is 10.2 Å². The average Bonchev–Trinajstić information content (AvgIpc) is 2.58. The number of para-hydroxylation sites is 1. The van der Waals surface area contributed by atoms with Gasteiger partial charge in [0.25, 0.3) is 0 Å². The van der Waals surface area contributed by atoms with Crippen LogP contribution in [0.4, 0.5) is 4.79 Å². The standard InChI is InChI=1S/C15H22N2O5/c1-19-12-4-3-5-13(14(12)20-2)22-9-6-16-15(18)17-7-10-21-11-8-17/h3-5H,6-11H2,1-2H3,(H,16,18). The van der Waals surface area contributed by atoms with Crippen molar-refractivity contribution in [3.63, 3.8) is 0 Å². The molecule has 22 heavy (non-hydrogen) atoms. The third-order valence-electron chi connectivity index (χ3n) is 3.30. The minimum Gasteiger partial charge on any atom is -0.493 e. The summed E-state index contributed by atoms with van der Waals surface area (Å²) < 4.78 is 21.3. The number of amides is 2. The minimum atomic E-state index is -0.0930. The molecule has 0 atom stereocenters. The number of carbonyl (C=O) groups is 1. The van der Waals surface area contributed by atoms with Crippen molar-refractivity contribution in [1.29, 1.82) is 0 Å². The maximum absolute atomic E-state index is 11.9. The molecule has 2 amide bonds. The number of rotatable bonds is 6. The highest BCUT2D eigenvalue weighted by molar-refractivity contribution is 5.74. The first-order valence-corrected chi connectivity index (χ1v) is 7.20. The molecule has 1 heterocycles. The Bertz CT molecular complexity index is 489. The van der Waals surface area contributed by atoms with Crippen molar-refractivity contribution in [2.45, 2.75) is 0 Å². The van der Waals surface area contributed by atoms with E-state index in [9.17, 15) is 4.79 Å². The van der Waals surface area contributed by atoms with Crippen LogP contribution in [0.3, 0.4) is 0 Å². The Hall–Kier alpha value is -2.15. The number of nitrogens with zero attached hydrogens (tertiary/aromatic N) is 1. The van der Waals surface area contributed by atoms with Crippen molar-refractivity contribution in [3.8, 4) is 17.2 Å². The molecule has 1 aliphatic heterocycles. The zero-order valence-corrected chi connectivity index (χ0v) is 13.0. The van der Waals surface area contributed by atoms with Gasteiger partial charge in [0.05, 0.1) is 34.0 Å². The van der Waals surface area contributed by atoms with Crippen LogP contribution in [0.5, 0.6) is 17.2 Å². The Balaban J connectivity index is 1.78. The topological polar surface area (TPSA) is 69.3 Å². The summed E-state index contributed by atoms with van der Waals surface area (Å²) in [7, 11) is 3.13. The fourth-order valence-corrected chi connectivity index (χ4v) is 2.17. The van der Waals surface area contributed by atoms with Gasteiger partial charge in [0.1, 0.15) is 6.61 Å². The molecule has 0 bridgehead atoms. The first-order chi connectivity index (χ1) is 10.8. The van der Waals surface area contributed by atoms with Crippen molar-refractivity contribution in [3.05, 3.63) is 18.2 Å². The molecule has 0 spiro atoms. The Morgan fingerprint density at radius 1 is 1.23 bits per heavy atom. The van der Waals surface area contributed by atoms with Crippen LogP contribution in [-0.2, 0) is 4.74 Å². The van der Waals surface area contributed by atoms with Crippen LogP contribution in [0.25, 0.3) is 0 Å². The molecule has 1 fully saturated rings. The third-order valence-corrected chi connectivity index (χ3v) is 3.30. The van der Waals surface area contributed by atoms with Crippen LogP contribution >= 0.6 is 0 Å². The van der Waals surface area contributed by atoms with E-state index in [0.717, 1.165) is 0 Å². The Kier molecular flexibility index (Phi) is 6.14. The molecule has 7 nitrogen and oxygen atoms in total. The fourth-order valence-electron chi connectivity index (χ4n) is 2.17. The van der Waals surface area contributed by atoms with Crippen molar-refractivity contribution in [2.24, 2.45) is 0 Å². The number of hydrogen-bond donors (Lipinski definition) is 1. The quantitative estimate of drug-likeness (QED) is 0.798. The summed E-state index contributed by atoms with van der Waals surface area (Å²) in [5.41, 5.74) is 0. The molecule has 1 N–H and O–H groups in total. The van der Waals surface area contributed by atoms with E-state index in [1.165, 1.54) is 0 Å². The van der Waals surface area contributed by atoms with Gasteiger partial charge in [-0.1, -0.05) is 6.07 Å². The highest BCUT2D eigenvalue weighted by Gasteiger charge is 2.16. The highest BCUT2D eigenvalue weighted by atomic mass is 16.5. The number of ether oxygens (including phenoxy) is 4. The molecule has 1 aromatic carbocycles. The van der Waals surface area contributed by atoms with Crippen molar-refractivity contribution >= 4 is 6.03 Å². The van der Waals surface area contributed by atoms with E-state index >= 15 is 0 Å². The van der Waals surface area contributed by atoms with Gasteiger partial charge in [0.15, 0.2) is 11.5 Å². The van der Waals surface area contributed by atoms with Gasteiger partial charge in [-0.2, -0.15) is 0 Å². The predicted octanol–water partition coefficient (Wildman–Crippen LogP) is 1.12. The monoisotopic (exact) mass is 310 g/mol. The van der Waals surface area contributed by atoms with Crippen LogP contribution in [0.2, 0.25) is 0 Å². The summed E-state index contributed by atoms with van der Waals surface area (Å²) in [6.07, 6.45) is 0. The second-order valence-electron chi connectivity index (χ2n) is 4.67. The number of methoxy groups -OCH3 is 2. The normalized spacial score (nSPS) is 14.4. The summed E-state index contributed by atoms with van der Waals surface area (Å²) in [5, 5.41) is 2.82. The summed E-state index contributed by atoms with van der Waals surface area (Å²) >= 11 is 0. The van der Waals surface area contributed by atoms with Gasteiger partial charge in [-0.25, -0.2) is 4.79 Å². The van der Waals surface area contributed by atoms with Crippen LogP contribution < -0.4 is 19.5 Å².